The van der Waals surface area contributed by atoms with Crippen LogP contribution in [0.4, 0.5) is 5.13 Å². The van der Waals surface area contributed by atoms with Gasteiger partial charge in [-0.05, 0) is 17.7 Å². The van der Waals surface area contributed by atoms with Gasteiger partial charge in [-0.2, -0.15) is 0 Å². The first-order valence-electron chi connectivity index (χ1n) is 6.66. The molecular weight excluding hydrogens is 326 g/mol. The Morgan fingerprint density at radius 3 is 2.82 bits per heavy atom. The topological polar surface area (TPSA) is 85.1 Å². The highest BCUT2D eigenvalue weighted by atomic mass is 35.5. The summed E-state index contributed by atoms with van der Waals surface area (Å²) in [6.45, 7) is 0. The Kier molecular flexibility index (Phi) is 4.08. The van der Waals surface area contributed by atoms with Crippen LogP contribution >= 0.6 is 22.9 Å². The predicted octanol–water partition coefficient (Wildman–Crippen LogP) is 2.99. The Labute approximate surface area is 135 Å². The summed E-state index contributed by atoms with van der Waals surface area (Å²) in [6, 6.07) is 6.78. The number of amides is 1. The number of carbonyl (C=O) groups excluding carboxylic acids is 1. The quantitative estimate of drug-likeness (QED) is 0.671. The summed E-state index contributed by atoms with van der Waals surface area (Å²) in [4.78, 5) is 27.1. The number of benzene rings is 1. The second kappa shape index (κ2) is 6.02. The van der Waals surface area contributed by atoms with Gasteiger partial charge in [-0.25, -0.2) is 4.98 Å². The van der Waals surface area contributed by atoms with E-state index in [4.69, 9.17) is 11.6 Å². The lowest BCUT2D eigenvalue weighted by atomic mass is 10.1. The van der Waals surface area contributed by atoms with Crippen LogP contribution in [-0.2, 0) is 11.2 Å². The van der Waals surface area contributed by atoms with Crippen LogP contribution in [0.2, 0.25) is 5.02 Å². The summed E-state index contributed by atoms with van der Waals surface area (Å²) in [6.07, 6.45) is 2.71. The van der Waals surface area contributed by atoms with Gasteiger partial charge in [0.1, 0.15) is 5.92 Å². The summed E-state index contributed by atoms with van der Waals surface area (Å²) in [5, 5.41) is 14.4. The van der Waals surface area contributed by atoms with E-state index in [9.17, 15) is 14.9 Å². The molecule has 2 atom stereocenters. The lowest BCUT2D eigenvalue weighted by Gasteiger charge is -1.99. The van der Waals surface area contributed by atoms with Gasteiger partial charge in [-0.3, -0.25) is 14.9 Å². The highest BCUT2D eigenvalue weighted by Gasteiger charge is 2.53. The van der Waals surface area contributed by atoms with E-state index in [1.165, 1.54) is 11.3 Å². The summed E-state index contributed by atoms with van der Waals surface area (Å²) < 4.78 is 0. The maximum absolute atomic E-state index is 11.8. The van der Waals surface area contributed by atoms with Gasteiger partial charge in [0, 0.05) is 33.9 Å². The van der Waals surface area contributed by atoms with Crippen molar-refractivity contribution < 1.29 is 9.72 Å². The van der Waals surface area contributed by atoms with Crippen LogP contribution in [0.3, 0.4) is 0 Å². The molecule has 0 spiro atoms. The van der Waals surface area contributed by atoms with E-state index in [-0.39, 0.29) is 5.91 Å². The first kappa shape index (κ1) is 14.9. The number of thiazole rings is 1. The lowest BCUT2D eigenvalue weighted by Crippen LogP contribution is -2.18. The normalized spacial score (nSPS) is 19.7. The van der Waals surface area contributed by atoms with E-state index in [1.54, 1.807) is 6.20 Å². The van der Waals surface area contributed by atoms with Gasteiger partial charge in [0.25, 0.3) is 0 Å². The number of carbonyl (C=O) groups is 1. The molecule has 2 aromatic rings. The lowest BCUT2D eigenvalue weighted by molar-refractivity contribution is -0.497. The predicted molar refractivity (Wildman–Crippen MR) is 83.9 cm³/mol. The first-order chi connectivity index (χ1) is 10.5. The molecule has 114 valence electrons. The SMILES string of the molecule is O=C(Nc1ncc(Cc2ccc(Cl)cc2)s1)[C@H]1C[C@H]1[N+](=O)[O-]. The maximum Gasteiger partial charge on any atom is 0.236 e. The molecule has 0 aliphatic heterocycles. The number of rotatable bonds is 5. The molecule has 1 aromatic carbocycles. The molecule has 22 heavy (non-hydrogen) atoms. The zero-order valence-corrected chi connectivity index (χ0v) is 12.9. The molecule has 1 fully saturated rings. The molecule has 0 saturated heterocycles. The molecule has 1 aliphatic carbocycles. The molecule has 1 aliphatic rings. The third-order valence-corrected chi connectivity index (χ3v) is 4.60. The van der Waals surface area contributed by atoms with Crippen LogP contribution in [0.25, 0.3) is 0 Å². The monoisotopic (exact) mass is 337 g/mol. The molecule has 1 N–H and O–H groups in total. The van der Waals surface area contributed by atoms with Crippen molar-refractivity contribution in [3.05, 3.63) is 56.0 Å². The number of nitro groups is 1. The zero-order chi connectivity index (χ0) is 15.7. The molecule has 0 bridgehead atoms. The van der Waals surface area contributed by atoms with Gasteiger partial charge in [-0.1, -0.05) is 23.7 Å². The molecule has 1 heterocycles. The molecule has 3 rings (SSSR count). The first-order valence-corrected chi connectivity index (χ1v) is 7.86. The average Bonchev–Trinajstić information content (AvgIpc) is 3.18. The third kappa shape index (κ3) is 3.42. The summed E-state index contributed by atoms with van der Waals surface area (Å²) in [7, 11) is 0. The van der Waals surface area contributed by atoms with Gasteiger partial charge in [0.05, 0.1) is 0 Å². The van der Waals surface area contributed by atoms with Gasteiger partial charge in [0.15, 0.2) is 5.13 Å². The van der Waals surface area contributed by atoms with Crippen molar-refractivity contribution in [2.24, 2.45) is 5.92 Å². The molecule has 1 amide bonds. The number of hydrogen-bond donors (Lipinski definition) is 1. The summed E-state index contributed by atoms with van der Waals surface area (Å²) >= 11 is 7.21. The standard InChI is InChI=1S/C14H12ClN3O3S/c15-9-3-1-8(2-4-9)5-10-7-16-14(22-10)17-13(19)11-6-12(11)18(20)21/h1-4,7,11-12H,5-6H2,(H,16,17,19)/t11-,12+/m0/s1. The number of hydrogen-bond acceptors (Lipinski definition) is 5. The van der Waals surface area contributed by atoms with E-state index < -0.39 is 16.9 Å². The minimum absolute atomic E-state index is 0.307. The second-order valence-electron chi connectivity index (χ2n) is 5.12. The number of halogens is 1. The molecular formula is C14H12ClN3O3S. The van der Waals surface area contributed by atoms with Crippen molar-refractivity contribution >= 4 is 34.0 Å². The average molecular weight is 338 g/mol. The van der Waals surface area contributed by atoms with Crippen molar-refractivity contribution in [2.75, 3.05) is 5.32 Å². The van der Waals surface area contributed by atoms with Crippen molar-refractivity contribution in [3.63, 3.8) is 0 Å². The summed E-state index contributed by atoms with van der Waals surface area (Å²) in [5.41, 5.74) is 1.10. The van der Waals surface area contributed by atoms with Crippen LogP contribution in [0, 0.1) is 16.0 Å². The Hall–Kier alpha value is -1.99. The Balaban J connectivity index is 1.58. The molecule has 0 radical (unpaired) electrons. The van der Waals surface area contributed by atoms with Crippen LogP contribution in [0.15, 0.2) is 30.5 Å². The molecule has 1 saturated carbocycles. The van der Waals surface area contributed by atoms with Crippen LogP contribution in [-0.4, -0.2) is 21.9 Å². The third-order valence-electron chi connectivity index (χ3n) is 3.44. The van der Waals surface area contributed by atoms with Gasteiger partial charge in [-0.15, -0.1) is 11.3 Å². The van der Waals surface area contributed by atoms with E-state index in [2.05, 4.69) is 10.3 Å². The maximum atomic E-state index is 11.8. The smallest absolute Gasteiger partial charge is 0.236 e. The minimum atomic E-state index is -0.742. The molecule has 6 nitrogen and oxygen atoms in total. The van der Waals surface area contributed by atoms with Crippen molar-refractivity contribution in [2.45, 2.75) is 18.9 Å². The number of anilines is 1. The van der Waals surface area contributed by atoms with Gasteiger partial charge < -0.3 is 5.32 Å². The number of nitrogens with one attached hydrogen (secondary N) is 1. The van der Waals surface area contributed by atoms with Crippen molar-refractivity contribution in [1.82, 2.24) is 4.98 Å². The Morgan fingerprint density at radius 2 is 2.18 bits per heavy atom. The van der Waals surface area contributed by atoms with Crippen LogP contribution < -0.4 is 5.32 Å². The van der Waals surface area contributed by atoms with Gasteiger partial charge in [0.2, 0.25) is 11.9 Å². The van der Waals surface area contributed by atoms with E-state index in [0.29, 0.717) is 23.0 Å². The number of aromatic nitrogens is 1. The van der Waals surface area contributed by atoms with Gasteiger partial charge >= 0.3 is 0 Å². The summed E-state index contributed by atoms with van der Waals surface area (Å²) in [5.74, 6) is -0.854. The fraction of sp³-hybridized carbons (Fsp3) is 0.286. The Morgan fingerprint density at radius 1 is 1.45 bits per heavy atom. The Bertz CT molecular complexity index is 716. The van der Waals surface area contributed by atoms with E-state index >= 15 is 0 Å². The largest absolute Gasteiger partial charge is 0.301 e. The molecule has 1 aromatic heterocycles. The highest BCUT2D eigenvalue weighted by Crippen LogP contribution is 2.34. The van der Waals surface area contributed by atoms with Crippen molar-refractivity contribution in [3.8, 4) is 0 Å². The van der Waals surface area contributed by atoms with Crippen molar-refractivity contribution in [1.29, 1.82) is 0 Å². The van der Waals surface area contributed by atoms with Crippen LogP contribution in [0.1, 0.15) is 16.9 Å². The fourth-order valence-electron chi connectivity index (χ4n) is 2.14. The molecule has 0 unspecified atom stereocenters. The highest BCUT2D eigenvalue weighted by molar-refractivity contribution is 7.15. The second-order valence-corrected chi connectivity index (χ2v) is 6.67. The minimum Gasteiger partial charge on any atom is -0.301 e. The van der Waals surface area contributed by atoms with Crippen LogP contribution in [0.5, 0.6) is 0 Å². The zero-order valence-electron chi connectivity index (χ0n) is 11.4. The number of nitrogens with zero attached hydrogens (tertiary/aromatic N) is 2. The van der Waals surface area contributed by atoms with E-state index in [0.717, 1.165) is 10.4 Å². The fourth-order valence-corrected chi connectivity index (χ4v) is 3.12. The molecule has 8 heteroatoms. The van der Waals surface area contributed by atoms with E-state index in [1.807, 2.05) is 24.3 Å².